The fraction of sp³-hybridized carbons (Fsp3) is 0.900. The molecule has 0 saturated heterocycles. The van der Waals surface area contributed by atoms with Gasteiger partial charge in [0.25, 0.3) is 0 Å². The molecule has 1 atom stereocenters. The predicted octanol–water partition coefficient (Wildman–Crippen LogP) is 1.74. The van der Waals surface area contributed by atoms with Gasteiger partial charge in [-0.05, 0) is 6.42 Å². The topological polar surface area (TPSA) is 46.5 Å². The first-order valence-electron chi connectivity index (χ1n) is 4.99. The van der Waals surface area contributed by atoms with Crippen LogP contribution < -0.4 is 0 Å². The Morgan fingerprint density at radius 3 is 2.69 bits per heavy atom. The van der Waals surface area contributed by atoms with Gasteiger partial charge in [-0.25, -0.2) is 0 Å². The molecular formula is C10H20O3. The second-order valence-corrected chi connectivity index (χ2v) is 3.29. The molecule has 1 unspecified atom stereocenters. The Morgan fingerprint density at radius 1 is 1.46 bits per heavy atom. The number of hydrogen-bond acceptors (Lipinski definition) is 3. The Balaban J connectivity index is 3.45. The van der Waals surface area contributed by atoms with E-state index in [4.69, 9.17) is 9.84 Å². The molecule has 0 heterocycles. The average molecular weight is 188 g/mol. The lowest BCUT2D eigenvalue weighted by Gasteiger charge is -2.09. The summed E-state index contributed by atoms with van der Waals surface area (Å²) < 4.78 is 4.94. The Kier molecular flexibility index (Phi) is 7.69. The molecule has 0 saturated carbocycles. The van der Waals surface area contributed by atoms with Crippen molar-refractivity contribution in [3.63, 3.8) is 0 Å². The van der Waals surface area contributed by atoms with E-state index in [1.807, 2.05) is 6.92 Å². The highest BCUT2D eigenvalue weighted by Gasteiger charge is 2.12. The molecule has 0 aliphatic rings. The summed E-state index contributed by atoms with van der Waals surface area (Å²) in [6, 6.07) is 0. The minimum atomic E-state index is -0.137. The summed E-state index contributed by atoms with van der Waals surface area (Å²) in [5.74, 6) is -0.138. The molecule has 3 heteroatoms. The van der Waals surface area contributed by atoms with Crippen molar-refractivity contribution in [2.45, 2.75) is 39.5 Å². The summed E-state index contributed by atoms with van der Waals surface area (Å²) >= 11 is 0. The van der Waals surface area contributed by atoms with Gasteiger partial charge in [-0.2, -0.15) is 0 Å². The first-order chi connectivity index (χ1) is 6.22. The van der Waals surface area contributed by atoms with Crippen LogP contribution in [-0.2, 0) is 9.53 Å². The van der Waals surface area contributed by atoms with Crippen LogP contribution in [0.15, 0.2) is 0 Å². The maximum absolute atomic E-state index is 11.2. The quantitative estimate of drug-likeness (QED) is 0.489. The number of aliphatic hydroxyl groups excluding tert-OH is 1. The second-order valence-electron chi connectivity index (χ2n) is 3.29. The van der Waals surface area contributed by atoms with Crippen molar-refractivity contribution < 1.29 is 14.6 Å². The van der Waals surface area contributed by atoms with Gasteiger partial charge in [-0.15, -0.1) is 0 Å². The summed E-state index contributed by atoms with van der Waals surface area (Å²) in [5, 5.41) is 8.47. The number of hydrogen-bond donors (Lipinski definition) is 1. The fourth-order valence-corrected chi connectivity index (χ4v) is 1.01. The van der Waals surface area contributed by atoms with Crippen LogP contribution in [0.1, 0.15) is 39.5 Å². The van der Waals surface area contributed by atoms with Crippen molar-refractivity contribution >= 4 is 5.97 Å². The molecule has 0 bridgehead atoms. The molecule has 0 aromatic carbocycles. The van der Waals surface area contributed by atoms with Crippen LogP contribution in [0.25, 0.3) is 0 Å². The molecule has 0 spiro atoms. The van der Waals surface area contributed by atoms with Gasteiger partial charge < -0.3 is 9.84 Å². The van der Waals surface area contributed by atoms with E-state index in [0.29, 0.717) is 13.0 Å². The molecule has 0 aliphatic heterocycles. The number of aliphatic hydroxyl groups is 1. The lowest BCUT2D eigenvalue weighted by molar-refractivity contribution is -0.148. The molecule has 0 amide bonds. The molecule has 1 N–H and O–H groups in total. The minimum absolute atomic E-state index is 0.00126. The summed E-state index contributed by atoms with van der Waals surface area (Å²) in [6.07, 6.45) is 3.60. The van der Waals surface area contributed by atoms with Crippen molar-refractivity contribution in [2.24, 2.45) is 5.92 Å². The van der Waals surface area contributed by atoms with Crippen LogP contribution >= 0.6 is 0 Å². The van der Waals surface area contributed by atoms with Gasteiger partial charge in [-0.1, -0.05) is 26.7 Å². The smallest absolute Gasteiger partial charge is 0.308 e. The number of esters is 1. The van der Waals surface area contributed by atoms with Crippen LogP contribution in [0.2, 0.25) is 0 Å². The Morgan fingerprint density at radius 2 is 2.15 bits per heavy atom. The SMILES string of the molecule is CCCCC(C)C(=O)OCCCO. The number of unbranched alkanes of at least 4 members (excludes halogenated alkanes) is 1. The van der Waals surface area contributed by atoms with E-state index in [2.05, 4.69) is 6.92 Å². The lowest BCUT2D eigenvalue weighted by Crippen LogP contribution is -2.15. The van der Waals surface area contributed by atoms with Crippen LogP contribution in [0, 0.1) is 5.92 Å². The Bertz CT molecular complexity index is 134. The minimum Gasteiger partial charge on any atom is -0.465 e. The van der Waals surface area contributed by atoms with Crippen molar-refractivity contribution in [3.8, 4) is 0 Å². The third-order valence-electron chi connectivity index (χ3n) is 1.94. The molecule has 78 valence electrons. The molecular weight excluding hydrogens is 168 g/mol. The molecule has 0 fully saturated rings. The molecule has 0 aromatic heterocycles. The summed E-state index contributed by atoms with van der Waals surface area (Å²) in [4.78, 5) is 11.2. The first kappa shape index (κ1) is 12.4. The van der Waals surface area contributed by atoms with E-state index >= 15 is 0 Å². The van der Waals surface area contributed by atoms with Gasteiger partial charge in [0, 0.05) is 13.0 Å². The second kappa shape index (κ2) is 8.05. The maximum Gasteiger partial charge on any atom is 0.308 e. The highest BCUT2D eigenvalue weighted by molar-refractivity contribution is 5.71. The van der Waals surface area contributed by atoms with Crippen LogP contribution in [0.5, 0.6) is 0 Å². The number of carbonyl (C=O) groups excluding carboxylic acids is 1. The van der Waals surface area contributed by atoms with Crippen LogP contribution in [-0.4, -0.2) is 24.3 Å². The largest absolute Gasteiger partial charge is 0.465 e. The zero-order chi connectivity index (χ0) is 10.1. The maximum atomic E-state index is 11.2. The van der Waals surface area contributed by atoms with Gasteiger partial charge in [0.2, 0.25) is 0 Å². The standard InChI is InChI=1S/C10H20O3/c1-3-4-6-9(2)10(12)13-8-5-7-11/h9,11H,3-8H2,1-2H3. The van der Waals surface area contributed by atoms with Gasteiger partial charge in [0.1, 0.15) is 0 Å². The van der Waals surface area contributed by atoms with E-state index in [0.717, 1.165) is 19.3 Å². The molecule has 0 rings (SSSR count). The van der Waals surface area contributed by atoms with Crippen molar-refractivity contribution in [3.05, 3.63) is 0 Å². The van der Waals surface area contributed by atoms with Gasteiger partial charge in [0.15, 0.2) is 0 Å². The fourth-order valence-electron chi connectivity index (χ4n) is 1.01. The van der Waals surface area contributed by atoms with E-state index in [1.54, 1.807) is 0 Å². The predicted molar refractivity (Wildman–Crippen MR) is 51.4 cm³/mol. The first-order valence-corrected chi connectivity index (χ1v) is 4.99. The van der Waals surface area contributed by atoms with Gasteiger partial charge in [-0.3, -0.25) is 4.79 Å². The average Bonchev–Trinajstić information content (AvgIpc) is 2.14. The molecule has 13 heavy (non-hydrogen) atoms. The third-order valence-corrected chi connectivity index (χ3v) is 1.94. The molecule has 0 aliphatic carbocycles. The zero-order valence-electron chi connectivity index (χ0n) is 8.58. The van der Waals surface area contributed by atoms with E-state index in [1.165, 1.54) is 0 Å². The van der Waals surface area contributed by atoms with E-state index in [-0.39, 0.29) is 18.5 Å². The summed E-state index contributed by atoms with van der Waals surface area (Å²) in [5.41, 5.74) is 0. The Hall–Kier alpha value is -0.570. The summed E-state index contributed by atoms with van der Waals surface area (Å²) in [7, 11) is 0. The lowest BCUT2D eigenvalue weighted by atomic mass is 10.1. The number of rotatable bonds is 7. The van der Waals surface area contributed by atoms with E-state index in [9.17, 15) is 4.79 Å². The number of carbonyl (C=O) groups is 1. The molecule has 0 radical (unpaired) electrons. The van der Waals surface area contributed by atoms with Crippen LogP contribution in [0.3, 0.4) is 0 Å². The number of ether oxygens (including phenoxy) is 1. The van der Waals surface area contributed by atoms with Gasteiger partial charge >= 0.3 is 5.97 Å². The molecule has 3 nitrogen and oxygen atoms in total. The zero-order valence-corrected chi connectivity index (χ0v) is 8.58. The van der Waals surface area contributed by atoms with Crippen molar-refractivity contribution in [1.29, 1.82) is 0 Å². The Labute approximate surface area is 80.1 Å². The molecule has 0 aromatic rings. The third kappa shape index (κ3) is 6.58. The normalized spacial score (nSPS) is 12.5. The van der Waals surface area contributed by atoms with Crippen molar-refractivity contribution in [1.82, 2.24) is 0 Å². The monoisotopic (exact) mass is 188 g/mol. The van der Waals surface area contributed by atoms with Crippen LogP contribution in [0.4, 0.5) is 0 Å². The van der Waals surface area contributed by atoms with Crippen molar-refractivity contribution in [2.75, 3.05) is 13.2 Å². The highest BCUT2D eigenvalue weighted by atomic mass is 16.5. The summed E-state index contributed by atoms with van der Waals surface area (Å²) in [6.45, 7) is 4.41. The van der Waals surface area contributed by atoms with Gasteiger partial charge in [0.05, 0.1) is 12.5 Å². The highest BCUT2D eigenvalue weighted by Crippen LogP contribution is 2.09. The van der Waals surface area contributed by atoms with E-state index < -0.39 is 0 Å².